The average Bonchev–Trinajstić information content (AvgIpc) is 2.67. The number of halogens is 3. The highest BCUT2D eigenvalue weighted by molar-refractivity contribution is 8.00. The van der Waals surface area contributed by atoms with Crippen LogP contribution in [-0.4, -0.2) is 32.2 Å². The minimum Gasteiger partial charge on any atom is -0.380 e. The summed E-state index contributed by atoms with van der Waals surface area (Å²) in [7, 11) is 0. The average molecular weight is 431 g/mol. The zero-order chi connectivity index (χ0) is 21.1. The van der Waals surface area contributed by atoms with Gasteiger partial charge in [0.15, 0.2) is 5.60 Å². The third-order valence-electron chi connectivity index (χ3n) is 5.99. The Kier molecular flexibility index (Phi) is 4.48. The van der Waals surface area contributed by atoms with Crippen LogP contribution in [0, 0.1) is 6.92 Å². The van der Waals surface area contributed by atoms with Gasteiger partial charge in [0.1, 0.15) is 5.82 Å². The Labute approximate surface area is 175 Å². The van der Waals surface area contributed by atoms with Gasteiger partial charge in [-0.15, -0.1) is 11.8 Å². The van der Waals surface area contributed by atoms with Crippen molar-refractivity contribution in [1.82, 2.24) is 9.97 Å². The molecule has 8 heteroatoms. The Morgan fingerprint density at radius 3 is 2.80 bits per heavy atom. The standard InChI is InChI=1S/C22H20F3N3OS/c1-12-26-11-15-16(27-12)5-3-6-17(15)28-19-8-14-10-21(29,22(23,24)25)9-13-4-2-7-18(30-19)20(13)14/h2-7,11,14,19,28-29H,8-10H2,1H3. The van der Waals surface area contributed by atoms with Gasteiger partial charge in [0.05, 0.1) is 10.9 Å². The summed E-state index contributed by atoms with van der Waals surface area (Å²) >= 11 is 1.62. The summed E-state index contributed by atoms with van der Waals surface area (Å²) in [5.74, 6) is 0.325. The van der Waals surface area contributed by atoms with E-state index in [1.807, 2.05) is 31.2 Å². The van der Waals surface area contributed by atoms with E-state index in [0.29, 0.717) is 17.8 Å². The van der Waals surface area contributed by atoms with Crippen molar-refractivity contribution in [1.29, 1.82) is 0 Å². The maximum absolute atomic E-state index is 13.6. The Morgan fingerprint density at radius 2 is 2.00 bits per heavy atom. The molecule has 0 saturated heterocycles. The topological polar surface area (TPSA) is 58.0 Å². The molecule has 1 aliphatic carbocycles. The monoisotopic (exact) mass is 431 g/mol. The zero-order valence-electron chi connectivity index (χ0n) is 16.2. The molecule has 156 valence electrons. The smallest absolute Gasteiger partial charge is 0.380 e. The molecule has 2 aromatic carbocycles. The van der Waals surface area contributed by atoms with Crippen LogP contribution in [0.1, 0.15) is 35.7 Å². The van der Waals surface area contributed by atoms with Crippen LogP contribution in [0.5, 0.6) is 0 Å². The minimum atomic E-state index is -4.65. The van der Waals surface area contributed by atoms with E-state index in [9.17, 15) is 18.3 Å². The highest BCUT2D eigenvalue weighted by Gasteiger charge is 2.57. The molecule has 2 heterocycles. The minimum absolute atomic E-state index is 0.125. The highest BCUT2D eigenvalue weighted by Crippen LogP contribution is 2.53. The summed E-state index contributed by atoms with van der Waals surface area (Å²) < 4.78 is 40.8. The number of nitrogens with one attached hydrogen (secondary N) is 1. The second-order valence-corrected chi connectivity index (χ2v) is 9.32. The van der Waals surface area contributed by atoms with Gasteiger partial charge in [-0.3, -0.25) is 0 Å². The second kappa shape index (κ2) is 6.85. The summed E-state index contributed by atoms with van der Waals surface area (Å²) in [6, 6.07) is 11.2. The van der Waals surface area contributed by atoms with Crippen molar-refractivity contribution in [3.63, 3.8) is 0 Å². The number of hydrogen-bond acceptors (Lipinski definition) is 5. The third kappa shape index (κ3) is 3.22. The number of aryl methyl sites for hydroxylation is 1. The largest absolute Gasteiger partial charge is 0.417 e. The maximum Gasteiger partial charge on any atom is 0.417 e. The maximum atomic E-state index is 13.6. The van der Waals surface area contributed by atoms with Gasteiger partial charge in [0.2, 0.25) is 0 Å². The van der Waals surface area contributed by atoms with Crippen molar-refractivity contribution in [3.05, 3.63) is 59.5 Å². The van der Waals surface area contributed by atoms with Crippen LogP contribution in [-0.2, 0) is 6.42 Å². The van der Waals surface area contributed by atoms with Crippen LogP contribution in [0.2, 0.25) is 0 Å². The summed E-state index contributed by atoms with van der Waals surface area (Å²) in [4.78, 5) is 9.71. The molecule has 1 aliphatic heterocycles. The van der Waals surface area contributed by atoms with Gasteiger partial charge in [-0.05, 0) is 55.0 Å². The number of benzene rings is 2. The summed E-state index contributed by atoms with van der Waals surface area (Å²) in [6.45, 7) is 1.83. The second-order valence-electron chi connectivity index (χ2n) is 8.08. The van der Waals surface area contributed by atoms with Crippen molar-refractivity contribution < 1.29 is 18.3 Å². The van der Waals surface area contributed by atoms with E-state index < -0.39 is 11.8 Å². The molecule has 0 spiro atoms. The molecular weight excluding hydrogens is 411 g/mol. The molecule has 2 aliphatic rings. The van der Waals surface area contributed by atoms with Crippen LogP contribution >= 0.6 is 11.8 Å². The lowest BCUT2D eigenvalue weighted by Crippen LogP contribution is -2.51. The van der Waals surface area contributed by atoms with Gasteiger partial charge in [-0.1, -0.05) is 18.2 Å². The van der Waals surface area contributed by atoms with E-state index in [4.69, 9.17) is 0 Å². The van der Waals surface area contributed by atoms with E-state index in [1.165, 1.54) is 0 Å². The van der Waals surface area contributed by atoms with Gasteiger partial charge >= 0.3 is 6.18 Å². The third-order valence-corrected chi connectivity index (χ3v) is 7.19. The molecule has 3 atom stereocenters. The SMILES string of the molecule is Cc1ncc2c(NC3CC4CC(O)(C(F)(F)F)Cc5cccc(c54)S3)cccc2n1. The fraction of sp³-hybridized carbons (Fsp3) is 0.364. The van der Waals surface area contributed by atoms with Crippen molar-refractivity contribution in [3.8, 4) is 0 Å². The molecule has 0 fully saturated rings. The summed E-state index contributed by atoms with van der Waals surface area (Å²) in [6.07, 6.45) is -3.08. The van der Waals surface area contributed by atoms with Gasteiger partial charge in [0.25, 0.3) is 0 Å². The predicted octanol–water partition coefficient (Wildman–Crippen LogP) is 5.20. The van der Waals surface area contributed by atoms with Crippen LogP contribution in [0.4, 0.5) is 18.9 Å². The Morgan fingerprint density at radius 1 is 1.20 bits per heavy atom. The number of thioether (sulfide) groups is 1. The summed E-state index contributed by atoms with van der Waals surface area (Å²) in [5.41, 5.74) is 0.558. The van der Waals surface area contributed by atoms with E-state index in [0.717, 1.165) is 27.0 Å². The first-order valence-corrected chi connectivity index (χ1v) is 10.7. The first-order chi connectivity index (χ1) is 14.2. The lowest BCUT2D eigenvalue weighted by Gasteiger charge is -2.43. The van der Waals surface area contributed by atoms with E-state index in [-0.39, 0.29) is 24.1 Å². The van der Waals surface area contributed by atoms with Gasteiger partial charge in [-0.25, -0.2) is 9.97 Å². The lowest BCUT2D eigenvalue weighted by molar-refractivity contribution is -0.265. The molecule has 2 N–H and O–H groups in total. The lowest BCUT2D eigenvalue weighted by atomic mass is 9.72. The number of alkyl halides is 3. The van der Waals surface area contributed by atoms with Crippen LogP contribution in [0.3, 0.4) is 0 Å². The zero-order valence-corrected chi connectivity index (χ0v) is 17.0. The van der Waals surface area contributed by atoms with E-state index in [1.54, 1.807) is 30.1 Å². The number of nitrogens with zero attached hydrogens (tertiary/aromatic N) is 2. The molecule has 3 unspecified atom stereocenters. The normalized spacial score (nSPS) is 25.8. The van der Waals surface area contributed by atoms with Crippen molar-refractivity contribution in [2.24, 2.45) is 0 Å². The number of hydrogen-bond donors (Lipinski definition) is 2. The van der Waals surface area contributed by atoms with Crippen molar-refractivity contribution in [2.75, 3.05) is 5.32 Å². The molecule has 0 bridgehead atoms. The molecule has 1 aromatic heterocycles. The summed E-state index contributed by atoms with van der Waals surface area (Å²) in [5, 5.41) is 14.7. The first kappa shape index (κ1) is 19.6. The Balaban J connectivity index is 1.49. The van der Waals surface area contributed by atoms with E-state index in [2.05, 4.69) is 15.3 Å². The highest BCUT2D eigenvalue weighted by atomic mass is 32.2. The number of fused-ring (bicyclic) bond motifs is 1. The van der Waals surface area contributed by atoms with Crippen molar-refractivity contribution in [2.45, 2.75) is 54.2 Å². The fourth-order valence-corrected chi connectivity index (χ4v) is 6.02. The number of rotatable bonds is 2. The van der Waals surface area contributed by atoms with Crippen LogP contribution in [0.15, 0.2) is 47.5 Å². The van der Waals surface area contributed by atoms with E-state index >= 15 is 0 Å². The fourth-order valence-electron chi connectivity index (χ4n) is 4.62. The number of aliphatic hydroxyl groups is 1. The molecule has 0 amide bonds. The van der Waals surface area contributed by atoms with Gasteiger partial charge in [0, 0.05) is 28.6 Å². The first-order valence-electron chi connectivity index (χ1n) is 9.80. The predicted molar refractivity (Wildman–Crippen MR) is 111 cm³/mol. The molecule has 3 aromatic rings. The Bertz CT molecular complexity index is 1140. The van der Waals surface area contributed by atoms with Gasteiger partial charge in [-0.2, -0.15) is 13.2 Å². The molecule has 5 rings (SSSR count). The number of aromatic nitrogens is 2. The molecule has 0 radical (unpaired) electrons. The quantitative estimate of drug-likeness (QED) is 0.584. The molecule has 0 saturated carbocycles. The molecule has 30 heavy (non-hydrogen) atoms. The molecule has 4 nitrogen and oxygen atoms in total. The van der Waals surface area contributed by atoms with Crippen LogP contribution in [0.25, 0.3) is 10.9 Å². The van der Waals surface area contributed by atoms with Crippen molar-refractivity contribution >= 4 is 28.4 Å². The number of anilines is 1. The van der Waals surface area contributed by atoms with Gasteiger partial charge < -0.3 is 10.4 Å². The Hall–Kier alpha value is -2.32. The van der Waals surface area contributed by atoms with Crippen LogP contribution < -0.4 is 5.32 Å². The molecular formula is C22H20F3N3OS.